The molecule has 0 atom stereocenters. The first-order valence-electron chi connectivity index (χ1n) is 8.92. The van der Waals surface area contributed by atoms with Crippen LogP contribution in [0.1, 0.15) is 22.3 Å². The summed E-state index contributed by atoms with van der Waals surface area (Å²) in [7, 11) is 0. The Morgan fingerprint density at radius 2 is 1.63 bits per heavy atom. The van der Waals surface area contributed by atoms with E-state index >= 15 is 0 Å². The maximum absolute atomic E-state index is 6.18. The number of hydrogen-bond donors (Lipinski definition) is 1. The SMILES string of the molecule is Cc1ccc(COc2ccc(Cl)cc2CNCCc2ccccc2)cc1.Cl. The second-order valence-electron chi connectivity index (χ2n) is 6.44. The summed E-state index contributed by atoms with van der Waals surface area (Å²) in [5.41, 5.74) is 4.83. The van der Waals surface area contributed by atoms with Crippen LogP contribution in [0.2, 0.25) is 5.02 Å². The van der Waals surface area contributed by atoms with Gasteiger partial charge in [0.25, 0.3) is 0 Å². The topological polar surface area (TPSA) is 21.3 Å². The van der Waals surface area contributed by atoms with E-state index in [9.17, 15) is 0 Å². The van der Waals surface area contributed by atoms with Crippen LogP contribution in [0, 0.1) is 6.92 Å². The Labute approximate surface area is 172 Å². The smallest absolute Gasteiger partial charge is 0.124 e. The Kier molecular flexibility index (Phi) is 8.66. The van der Waals surface area contributed by atoms with Crippen LogP contribution in [-0.4, -0.2) is 6.54 Å². The lowest BCUT2D eigenvalue weighted by Gasteiger charge is -2.13. The van der Waals surface area contributed by atoms with Gasteiger partial charge in [0, 0.05) is 17.1 Å². The number of rotatable bonds is 8. The van der Waals surface area contributed by atoms with Crippen molar-refractivity contribution in [1.29, 1.82) is 0 Å². The van der Waals surface area contributed by atoms with Crippen molar-refractivity contribution in [3.8, 4) is 5.75 Å². The summed E-state index contributed by atoms with van der Waals surface area (Å²) in [6.07, 6.45) is 1.00. The van der Waals surface area contributed by atoms with E-state index in [1.54, 1.807) is 0 Å². The molecule has 3 rings (SSSR count). The maximum Gasteiger partial charge on any atom is 0.124 e. The van der Waals surface area contributed by atoms with E-state index in [1.807, 2.05) is 24.3 Å². The second kappa shape index (κ2) is 11.0. The Balaban J connectivity index is 0.00000261. The Morgan fingerprint density at radius 1 is 0.889 bits per heavy atom. The highest BCUT2D eigenvalue weighted by Crippen LogP contribution is 2.24. The number of ether oxygens (including phenoxy) is 1. The van der Waals surface area contributed by atoms with E-state index in [0.717, 1.165) is 41.4 Å². The van der Waals surface area contributed by atoms with Gasteiger partial charge < -0.3 is 10.1 Å². The van der Waals surface area contributed by atoms with Crippen LogP contribution in [0.4, 0.5) is 0 Å². The zero-order valence-corrected chi connectivity index (χ0v) is 17.0. The van der Waals surface area contributed by atoms with Gasteiger partial charge in [0.1, 0.15) is 12.4 Å². The molecule has 27 heavy (non-hydrogen) atoms. The van der Waals surface area contributed by atoms with E-state index in [2.05, 4.69) is 60.8 Å². The first kappa shape index (κ1) is 21.3. The number of hydrogen-bond acceptors (Lipinski definition) is 2. The van der Waals surface area contributed by atoms with Crippen molar-refractivity contribution in [1.82, 2.24) is 5.32 Å². The summed E-state index contributed by atoms with van der Waals surface area (Å²) in [6.45, 7) is 4.28. The predicted octanol–water partition coefficient (Wildman–Crippen LogP) is 5.98. The Morgan fingerprint density at radius 3 is 2.37 bits per heavy atom. The van der Waals surface area contributed by atoms with Gasteiger partial charge in [-0.3, -0.25) is 0 Å². The lowest BCUT2D eigenvalue weighted by molar-refractivity contribution is 0.302. The molecule has 0 aliphatic carbocycles. The average Bonchev–Trinajstić information content (AvgIpc) is 2.67. The minimum atomic E-state index is 0. The molecule has 142 valence electrons. The normalized spacial score (nSPS) is 10.3. The van der Waals surface area contributed by atoms with Crippen molar-refractivity contribution in [2.45, 2.75) is 26.5 Å². The van der Waals surface area contributed by atoms with Gasteiger partial charge in [0.15, 0.2) is 0 Å². The summed E-state index contributed by atoms with van der Waals surface area (Å²) >= 11 is 6.18. The first-order valence-corrected chi connectivity index (χ1v) is 9.30. The molecule has 0 aliphatic rings. The Bertz CT molecular complexity index is 820. The summed E-state index contributed by atoms with van der Waals surface area (Å²) < 4.78 is 6.03. The highest BCUT2D eigenvalue weighted by molar-refractivity contribution is 6.30. The molecule has 0 radical (unpaired) electrons. The van der Waals surface area contributed by atoms with Crippen molar-refractivity contribution < 1.29 is 4.74 Å². The largest absolute Gasteiger partial charge is 0.489 e. The van der Waals surface area contributed by atoms with Crippen molar-refractivity contribution in [2.24, 2.45) is 0 Å². The fourth-order valence-electron chi connectivity index (χ4n) is 2.77. The third kappa shape index (κ3) is 6.91. The van der Waals surface area contributed by atoms with Gasteiger partial charge in [-0.2, -0.15) is 0 Å². The molecule has 1 N–H and O–H groups in total. The van der Waals surface area contributed by atoms with Crippen molar-refractivity contribution in [2.75, 3.05) is 6.54 Å². The first-order chi connectivity index (χ1) is 12.7. The maximum atomic E-state index is 6.18. The zero-order chi connectivity index (χ0) is 18.2. The molecule has 3 aromatic carbocycles. The predicted molar refractivity (Wildman–Crippen MR) is 116 cm³/mol. The van der Waals surface area contributed by atoms with Crippen LogP contribution < -0.4 is 10.1 Å². The zero-order valence-electron chi connectivity index (χ0n) is 15.5. The lowest BCUT2D eigenvalue weighted by atomic mass is 10.1. The summed E-state index contributed by atoms with van der Waals surface area (Å²) in [4.78, 5) is 0. The molecule has 2 nitrogen and oxygen atoms in total. The van der Waals surface area contributed by atoms with Crippen LogP contribution in [0.15, 0.2) is 72.8 Å². The number of nitrogens with one attached hydrogen (secondary N) is 1. The van der Waals surface area contributed by atoms with Gasteiger partial charge in [0.05, 0.1) is 0 Å². The fraction of sp³-hybridized carbons (Fsp3) is 0.217. The van der Waals surface area contributed by atoms with E-state index in [1.165, 1.54) is 11.1 Å². The second-order valence-corrected chi connectivity index (χ2v) is 6.88. The monoisotopic (exact) mass is 401 g/mol. The molecule has 0 saturated heterocycles. The minimum absolute atomic E-state index is 0. The van der Waals surface area contributed by atoms with E-state index in [4.69, 9.17) is 16.3 Å². The van der Waals surface area contributed by atoms with Gasteiger partial charge in [-0.15, -0.1) is 12.4 Å². The van der Waals surface area contributed by atoms with E-state index < -0.39 is 0 Å². The molecular weight excluding hydrogens is 377 g/mol. The molecule has 3 aromatic rings. The van der Waals surface area contributed by atoms with Gasteiger partial charge in [0.2, 0.25) is 0 Å². The highest BCUT2D eigenvalue weighted by atomic mass is 35.5. The lowest BCUT2D eigenvalue weighted by Crippen LogP contribution is -2.17. The van der Waals surface area contributed by atoms with Crippen LogP contribution in [0.25, 0.3) is 0 Å². The standard InChI is InChI=1S/C23H24ClNO.ClH/c1-18-7-9-20(10-8-18)17-26-23-12-11-22(24)15-21(23)16-25-14-13-19-5-3-2-4-6-19;/h2-12,15,25H,13-14,16-17H2,1H3;1H. The highest BCUT2D eigenvalue weighted by Gasteiger charge is 2.06. The summed E-state index contributed by atoms with van der Waals surface area (Å²) in [6, 6.07) is 24.7. The molecular formula is C23H25Cl2NO. The third-order valence-corrected chi connectivity index (χ3v) is 4.52. The van der Waals surface area contributed by atoms with Crippen molar-refractivity contribution in [3.05, 3.63) is 100 Å². The molecule has 0 aromatic heterocycles. The van der Waals surface area contributed by atoms with E-state index in [0.29, 0.717) is 6.61 Å². The number of benzene rings is 3. The third-order valence-electron chi connectivity index (χ3n) is 4.29. The van der Waals surface area contributed by atoms with Gasteiger partial charge in [-0.05, 0) is 49.2 Å². The molecule has 0 heterocycles. The van der Waals surface area contributed by atoms with Gasteiger partial charge in [-0.25, -0.2) is 0 Å². The minimum Gasteiger partial charge on any atom is -0.489 e. The van der Waals surface area contributed by atoms with Gasteiger partial charge >= 0.3 is 0 Å². The van der Waals surface area contributed by atoms with Gasteiger partial charge in [-0.1, -0.05) is 71.8 Å². The molecule has 4 heteroatoms. The molecule has 0 fully saturated rings. The molecule has 0 bridgehead atoms. The number of halogens is 2. The Hall–Kier alpha value is -2.00. The summed E-state index contributed by atoms with van der Waals surface area (Å²) in [5, 5.41) is 4.21. The molecule has 0 spiro atoms. The fourth-order valence-corrected chi connectivity index (χ4v) is 2.97. The quantitative estimate of drug-likeness (QED) is 0.468. The average molecular weight is 402 g/mol. The van der Waals surface area contributed by atoms with Crippen molar-refractivity contribution >= 4 is 24.0 Å². The van der Waals surface area contributed by atoms with Crippen molar-refractivity contribution in [3.63, 3.8) is 0 Å². The number of aryl methyl sites for hydroxylation is 1. The van der Waals surface area contributed by atoms with Crippen LogP contribution in [-0.2, 0) is 19.6 Å². The molecule has 0 saturated carbocycles. The molecule has 0 amide bonds. The molecule has 0 aliphatic heterocycles. The van der Waals surface area contributed by atoms with Crippen LogP contribution in [0.5, 0.6) is 5.75 Å². The molecule has 0 unspecified atom stereocenters. The van der Waals surface area contributed by atoms with E-state index in [-0.39, 0.29) is 12.4 Å². The van der Waals surface area contributed by atoms with Crippen LogP contribution >= 0.6 is 24.0 Å². The summed E-state index contributed by atoms with van der Waals surface area (Å²) in [5.74, 6) is 0.877. The van der Waals surface area contributed by atoms with Crippen LogP contribution in [0.3, 0.4) is 0 Å².